The molecular weight excluding hydrogens is 242 g/mol. The van der Waals surface area contributed by atoms with Crippen LogP contribution < -0.4 is 0 Å². The lowest BCUT2D eigenvalue weighted by molar-refractivity contribution is 0.112. The Bertz CT molecular complexity index is 397. The van der Waals surface area contributed by atoms with Gasteiger partial charge in [0, 0.05) is 16.3 Å². The van der Waals surface area contributed by atoms with Gasteiger partial charge < -0.3 is 0 Å². The maximum atomic E-state index is 10.7. The first-order valence-corrected chi connectivity index (χ1v) is 4.89. The van der Waals surface area contributed by atoms with Crippen molar-refractivity contribution in [1.82, 2.24) is 0 Å². The van der Waals surface area contributed by atoms with Crippen molar-refractivity contribution in [2.45, 2.75) is 6.92 Å². The smallest absolute Gasteiger partial charge is 0.152 e. The van der Waals surface area contributed by atoms with Gasteiger partial charge in [0.1, 0.15) is 0 Å². The fourth-order valence-electron chi connectivity index (χ4n) is 1.09. The molecule has 3 heteroatoms. The van der Waals surface area contributed by atoms with Crippen molar-refractivity contribution in [3.05, 3.63) is 40.4 Å². The van der Waals surface area contributed by atoms with E-state index in [0.717, 1.165) is 16.3 Å². The molecule has 2 nitrogen and oxygen atoms in total. The minimum absolute atomic E-state index is 0.587. The van der Waals surface area contributed by atoms with Crippen molar-refractivity contribution < 1.29 is 4.79 Å². The summed E-state index contributed by atoms with van der Waals surface area (Å²) in [6.45, 7) is 5.44. The minimum Gasteiger partial charge on any atom is -0.298 e. The molecule has 0 amide bonds. The molecule has 0 aromatic heterocycles. The molecule has 1 aromatic rings. The molecule has 0 saturated carbocycles. The van der Waals surface area contributed by atoms with Crippen LogP contribution in [0.2, 0.25) is 0 Å². The van der Waals surface area contributed by atoms with Crippen molar-refractivity contribution in [2.75, 3.05) is 0 Å². The van der Waals surface area contributed by atoms with Gasteiger partial charge in [-0.3, -0.25) is 9.79 Å². The highest BCUT2D eigenvalue weighted by Gasteiger charge is 2.05. The van der Waals surface area contributed by atoms with E-state index in [-0.39, 0.29) is 0 Å². The average molecular weight is 252 g/mol. The van der Waals surface area contributed by atoms with E-state index >= 15 is 0 Å². The quantitative estimate of drug-likeness (QED) is 0.598. The van der Waals surface area contributed by atoms with E-state index in [2.05, 4.69) is 27.5 Å². The average Bonchev–Trinajstić information content (AvgIpc) is 2.20. The zero-order chi connectivity index (χ0) is 10.6. The standard InChI is InChI=1S/C11H10BrNO/c1-3-6-13-11-8(2)10(12)5-4-9(11)7-14/h3-7H,1H2,2H3. The predicted octanol–water partition coefficient (Wildman–Crippen LogP) is 3.46. The number of aldehydes is 1. The predicted molar refractivity (Wildman–Crippen MR) is 62.6 cm³/mol. The molecule has 0 aliphatic heterocycles. The highest BCUT2D eigenvalue weighted by Crippen LogP contribution is 2.29. The zero-order valence-corrected chi connectivity index (χ0v) is 9.41. The summed E-state index contributed by atoms with van der Waals surface area (Å²) in [5.41, 5.74) is 2.23. The maximum absolute atomic E-state index is 10.7. The van der Waals surface area contributed by atoms with Gasteiger partial charge in [-0.15, -0.1) is 0 Å². The molecule has 0 radical (unpaired) electrons. The second-order valence-corrected chi connectivity index (χ2v) is 3.60. The molecule has 0 spiro atoms. The SMILES string of the molecule is C=CC=Nc1c(C=O)ccc(Br)c1C. The molecule has 14 heavy (non-hydrogen) atoms. The Morgan fingerprint density at radius 2 is 2.21 bits per heavy atom. The fourth-order valence-corrected chi connectivity index (χ4v) is 1.41. The van der Waals surface area contributed by atoms with Crippen molar-refractivity contribution in [1.29, 1.82) is 0 Å². The van der Waals surface area contributed by atoms with Gasteiger partial charge in [0.25, 0.3) is 0 Å². The number of allylic oxidation sites excluding steroid dienone is 1. The van der Waals surface area contributed by atoms with E-state index in [4.69, 9.17) is 0 Å². The summed E-state index contributed by atoms with van der Waals surface area (Å²) in [5.74, 6) is 0. The van der Waals surface area contributed by atoms with E-state index in [0.29, 0.717) is 11.3 Å². The number of carbonyl (C=O) groups excluding carboxylic acids is 1. The van der Waals surface area contributed by atoms with Gasteiger partial charge in [0.2, 0.25) is 0 Å². The Kier molecular flexibility index (Phi) is 3.77. The number of nitrogens with zero attached hydrogens (tertiary/aromatic N) is 1. The third-order valence-corrected chi connectivity index (χ3v) is 2.69. The number of hydrogen-bond acceptors (Lipinski definition) is 2. The molecular formula is C11H10BrNO. The molecule has 0 fully saturated rings. The first-order chi connectivity index (χ1) is 6.70. The van der Waals surface area contributed by atoms with Gasteiger partial charge in [0.05, 0.1) is 5.69 Å². The summed E-state index contributed by atoms with van der Waals surface area (Å²) < 4.78 is 0.944. The number of benzene rings is 1. The molecule has 0 bridgehead atoms. The lowest BCUT2D eigenvalue weighted by atomic mass is 10.1. The molecule has 0 unspecified atom stereocenters. The maximum Gasteiger partial charge on any atom is 0.152 e. The molecule has 0 N–H and O–H groups in total. The highest BCUT2D eigenvalue weighted by molar-refractivity contribution is 9.10. The van der Waals surface area contributed by atoms with E-state index in [9.17, 15) is 4.79 Å². The Morgan fingerprint density at radius 3 is 2.79 bits per heavy atom. The largest absolute Gasteiger partial charge is 0.298 e. The highest BCUT2D eigenvalue weighted by atomic mass is 79.9. The van der Waals surface area contributed by atoms with Crippen molar-refractivity contribution >= 4 is 34.1 Å². The number of hydrogen-bond donors (Lipinski definition) is 0. The van der Waals surface area contributed by atoms with Gasteiger partial charge in [-0.05, 0) is 24.6 Å². The van der Waals surface area contributed by atoms with Crippen LogP contribution in [0.15, 0.2) is 34.3 Å². The second-order valence-electron chi connectivity index (χ2n) is 2.74. The molecule has 0 aliphatic rings. The van der Waals surface area contributed by atoms with Crippen LogP contribution in [0.25, 0.3) is 0 Å². The van der Waals surface area contributed by atoms with Crippen molar-refractivity contribution in [2.24, 2.45) is 4.99 Å². The zero-order valence-electron chi connectivity index (χ0n) is 7.83. The third kappa shape index (κ3) is 2.17. The molecule has 0 heterocycles. The summed E-state index contributed by atoms with van der Waals surface area (Å²) in [5, 5.41) is 0. The third-order valence-electron chi connectivity index (χ3n) is 1.83. The summed E-state index contributed by atoms with van der Waals surface area (Å²) >= 11 is 3.39. The summed E-state index contributed by atoms with van der Waals surface area (Å²) in [6.07, 6.45) is 3.95. The van der Waals surface area contributed by atoms with Crippen LogP contribution in [0.1, 0.15) is 15.9 Å². The molecule has 72 valence electrons. The Balaban J connectivity index is 3.34. The first-order valence-electron chi connectivity index (χ1n) is 4.10. The first kappa shape index (κ1) is 10.9. The lowest BCUT2D eigenvalue weighted by Crippen LogP contribution is -1.86. The Labute approximate surface area is 91.5 Å². The van der Waals surface area contributed by atoms with Gasteiger partial charge in [-0.2, -0.15) is 0 Å². The van der Waals surface area contributed by atoms with E-state index in [1.54, 1.807) is 18.4 Å². The number of halogens is 1. The van der Waals surface area contributed by atoms with Crippen molar-refractivity contribution in [3.8, 4) is 0 Å². The van der Waals surface area contributed by atoms with Crippen LogP contribution in [-0.4, -0.2) is 12.5 Å². The summed E-state index contributed by atoms with van der Waals surface area (Å²) in [6, 6.07) is 3.58. The number of aliphatic imine (C=N–C) groups is 1. The molecule has 0 saturated heterocycles. The molecule has 0 aliphatic carbocycles. The minimum atomic E-state index is 0.587. The normalized spacial score (nSPS) is 10.4. The van der Waals surface area contributed by atoms with Gasteiger partial charge in [0.15, 0.2) is 6.29 Å². The summed E-state index contributed by atoms with van der Waals surface area (Å²) in [7, 11) is 0. The molecule has 1 aromatic carbocycles. The summed E-state index contributed by atoms with van der Waals surface area (Å²) in [4.78, 5) is 14.9. The van der Waals surface area contributed by atoms with Crippen LogP contribution in [-0.2, 0) is 0 Å². The van der Waals surface area contributed by atoms with E-state index in [1.165, 1.54) is 0 Å². The molecule has 1 rings (SSSR count). The topological polar surface area (TPSA) is 29.4 Å². The van der Waals surface area contributed by atoms with Crippen LogP contribution in [0, 0.1) is 6.92 Å². The monoisotopic (exact) mass is 251 g/mol. The van der Waals surface area contributed by atoms with E-state index in [1.807, 2.05) is 13.0 Å². The van der Waals surface area contributed by atoms with Crippen LogP contribution >= 0.6 is 15.9 Å². The van der Waals surface area contributed by atoms with Crippen molar-refractivity contribution in [3.63, 3.8) is 0 Å². The second kappa shape index (κ2) is 4.86. The Morgan fingerprint density at radius 1 is 1.50 bits per heavy atom. The Hall–Kier alpha value is -1.22. The molecule has 0 atom stereocenters. The van der Waals surface area contributed by atoms with Crippen LogP contribution in [0.3, 0.4) is 0 Å². The van der Waals surface area contributed by atoms with Crippen LogP contribution in [0.4, 0.5) is 5.69 Å². The van der Waals surface area contributed by atoms with E-state index < -0.39 is 0 Å². The van der Waals surface area contributed by atoms with Gasteiger partial charge in [-0.1, -0.05) is 28.6 Å². The number of rotatable bonds is 3. The fraction of sp³-hybridized carbons (Fsp3) is 0.0909. The van der Waals surface area contributed by atoms with Gasteiger partial charge >= 0.3 is 0 Å². The lowest BCUT2D eigenvalue weighted by Gasteiger charge is -2.04. The van der Waals surface area contributed by atoms with Gasteiger partial charge in [-0.25, -0.2) is 0 Å². The van der Waals surface area contributed by atoms with Crippen LogP contribution in [0.5, 0.6) is 0 Å². The number of carbonyl (C=O) groups is 1.